The van der Waals surface area contributed by atoms with Gasteiger partial charge >= 0.3 is 17.3 Å². The molecule has 0 aliphatic heterocycles. The van der Waals surface area contributed by atoms with E-state index in [1.165, 1.54) is 0 Å². The fourth-order valence-corrected chi connectivity index (χ4v) is 1.71. The monoisotopic (exact) mass is 192 g/mol. The lowest BCUT2D eigenvalue weighted by atomic mass is 15.8. The topological polar surface area (TPSA) is 97.7 Å². The average Bonchev–Trinajstić information content (AvgIpc) is 1.59. The third-order valence-electron chi connectivity index (χ3n) is 0.177. The minimum Gasteiger partial charge on any atom is -0.263 e. The van der Waals surface area contributed by atoms with Crippen molar-refractivity contribution in [3.63, 3.8) is 0 Å². The maximum atomic E-state index is 9.58. The van der Waals surface area contributed by atoms with Gasteiger partial charge in [0.05, 0.1) is 0 Å². The van der Waals surface area contributed by atoms with Crippen molar-refractivity contribution in [2.45, 2.75) is 0 Å². The fourth-order valence-electron chi connectivity index (χ4n) is 0.0633. The third-order valence-corrected chi connectivity index (χ3v) is 2.14. The van der Waals surface area contributed by atoms with Gasteiger partial charge in [-0.25, -0.2) is 9.13 Å². The van der Waals surface area contributed by atoms with E-state index in [0.29, 0.717) is 0 Å². The number of rotatable bonds is 3. The molecule has 6 nitrogen and oxygen atoms in total. The van der Waals surface area contributed by atoms with Crippen LogP contribution in [0.1, 0.15) is 0 Å². The van der Waals surface area contributed by atoms with Gasteiger partial charge in [0, 0.05) is 0 Å². The van der Waals surface area contributed by atoms with Gasteiger partial charge in [0.25, 0.3) is 0 Å². The molecule has 0 bridgehead atoms. The lowest BCUT2D eigenvalue weighted by molar-refractivity contribution is 0.408. The van der Waals surface area contributed by atoms with E-state index in [9.17, 15) is 17.5 Å². The molecule has 0 aromatic rings. The first kappa shape index (κ1) is 9.12. The smallest absolute Gasteiger partial charge is 0.263 e. The van der Waals surface area contributed by atoms with Crippen molar-refractivity contribution in [3.8, 4) is 0 Å². The molecule has 0 aromatic heterocycles. The number of hydrogen-bond acceptors (Lipinski definition) is 6. The molecular formula is HO6PS2. The van der Waals surface area contributed by atoms with Crippen LogP contribution in [0.4, 0.5) is 0 Å². The van der Waals surface area contributed by atoms with Gasteiger partial charge < -0.3 is 0 Å². The van der Waals surface area contributed by atoms with Crippen LogP contribution in [0, 0.1) is 0 Å². The van der Waals surface area contributed by atoms with Gasteiger partial charge in [-0.2, -0.15) is 12.0 Å². The lowest BCUT2D eigenvalue weighted by Gasteiger charge is -1.85. The minimum atomic E-state index is -4.64. The van der Waals surface area contributed by atoms with Crippen LogP contribution in [0.3, 0.4) is 0 Å². The molecule has 0 heterocycles. The Kier molecular flexibility index (Phi) is 3.37. The molecule has 0 unspecified atom stereocenters. The molecule has 0 spiro atoms. The molecule has 9 heteroatoms. The first-order valence-electron chi connectivity index (χ1n) is 1.40. The highest BCUT2D eigenvalue weighted by atomic mass is 32.7. The van der Waals surface area contributed by atoms with Crippen molar-refractivity contribution in [1.29, 1.82) is 0 Å². The van der Waals surface area contributed by atoms with Gasteiger partial charge in [-0.05, 0) is 0 Å². The van der Waals surface area contributed by atoms with Crippen LogP contribution >= 0.6 is 18.5 Å². The van der Waals surface area contributed by atoms with Gasteiger partial charge in [0.15, 0.2) is 11.7 Å². The van der Waals surface area contributed by atoms with Crippen molar-refractivity contribution < 1.29 is 25.7 Å². The zero-order valence-electron chi connectivity index (χ0n) is 3.75. The summed E-state index contributed by atoms with van der Waals surface area (Å²) in [7, 11) is -4.64. The van der Waals surface area contributed by atoms with Crippen molar-refractivity contribution >= 4 is 28.9 Å². The van der Waals surface area contributed by atoms with Gasteiger partial charge in [0.1, 0.15) is 0 Å². The largest absolute Gasteiger partial charge is 0.409 e. The highest BCUT2D eigenvalue weighted by molar-refractivity contribution is 8.46. The van der Waals surface area contributed by atoms with Crippen molar-refractivity contribution in [2.75, 3.05) is 0 Å². The fraction of sp³-hybridized carbons (Fsp3) is 0. The maximum Gasteiger partial charge on any atom is 0.409 e. The first-order valence-corrected chi connectivity index (χ1v) is 5.29. The van der Waals surface area contributed by atoms with E-state index < -0.39 is 17.3 Å². The zero-order chi connectivity index (χ0) is 7.49. The normalized spacial score (nSPS) is 11.2. The summed E-state index contributed by atoms with van der Waals surface area (Å²) in [6, 6.07) is 0. The maximum absolute atomic E-state index is 9.58. The van der Waals surface area contributed by atoms with Crippen LogP contribution in [0.15, 0.2) is 0 Å². The van der Waals surface area contributed by atoms with Crippen LogP contribution in [-0.4, -0.2) is 13.0 Å². The molecule has 0 aromatic carbocycles. The molecule has 0 radical (unpaired) electrons. The van der Waals surface area contributed by atoms with Crippen molar-refractivity contribution in [3.05, 3.63) is 0 Å². The van der Waals surface area contributed by atoms with Gasteiger partial charge in [-0.15, -0.1) is 0 Å². The van der Waals surface area contributed by atoms with Crippen LogP contribution in [0.2, 0.25) is 0 Å². The van der Waals surface area contributed by atoms with E-state index in [4.69, 9.17) is 4.55 Å². The molecule has 9 heavy (non-hydrogen) atoms. The average molecular weight is 192 g/mol. The van der Waals surface area contributed by atoms with E-state index in [-0.39, 0.29) is 11.7 Å². The summed E-state index contributed by atoms with van der Waals surface area (Å²) in [6.45, 7) is -3.01. The summed E-state index contributed by atoms with van der Waals surface area (Å²) in [4.78, 5) is 0. The molecule has 0 atom stereocenters. The SMILES string of the molecule is O=P(=O)SOS(=O)(=O)O. The molecule has 54 valence electrons. The van der Waals surface area contributed by atoms with E-state index in [0.717, 1.165) is 0 Å². The Balaban J connectivity index is 3.81. The minimum absolute atomic E-state index is 0.346. The standard InChI is InChI=1S/HO6PS2/c1-7(2)8-6-9(3,4)5/h(H,3,4,5). The van der Waals surface area contributed by atoms with Crippen molar-refractivity contribution in [1.82, 2.24) is 0 Å². The lowest BCUT2D eigenvalue weighted by Crippen LogP contribution is -1.94. The highest BCUT2D eigenvalue weighted by Gasteiger charge is 2.06. The molecule has 0 fully saturated rings. The van der Waals surface area contributed by atoms with E-state index in [1.807, 2.05) is 0 Å². The Hall–Kier alpha value is 0.120. The molecular weight excluding hydrogens is 191 g/mol. The third kappa shape index (κ3) is 8.12. The van der Waals surface area contributed by atoms with E-state index in [1.54, 1.807) is 0 Å². The predicted octanol–water partition coefficient (Wildman–Crippen LogP) is 0.542. The van der Waals surface area contributed by atoms with E-state index in [2.05, 4.69) is 3.63 Å². The second-order valence-corrected chi connectivity index (χ2v) is 4.13. The molecule has 0 saturated carbocycles. The van der Waals surface area contributed by atoms with E-state index >= 15 is 0 Å². The van der Waals surface area contributed by atoms with Crippen LogP contribution in [-0.2, 0) is 23.2 Å². The summed E-state index contributed by atoms with van der Waals surface area (Å²) in [5, 5.41) is 0. The summed E-state index contributed by atoms with van der Waals surface area (Å²) < 4.78 is 49.3. The molecule has 0 saturated heterocycles. The number of hydrogen-bond donors (Lipinski definition) is 1. The Morgan fingerprint density at radius 1 is 1.44 bits per heavy atom. The molecule has 0 rings (SSSR count). The Bertz CT molecular complexity index is 224. The summed E-state index contributed by atoms with van der Waals surface area (Å²) >= 11 is -0.346. The van der Waals surface area contributed by atoms with Crippen molar-refractivity contribution in [2.24, 2.45) is 0 Å². The van der Waals surface area contributed by atoms with Crippen LogP contribution in [0.25, 0.3) is 0 Å². The second kappa shape index (κ2) is 3.33. The molecule has 0 aliphatic carbocycles. The van der Waals surface area contributed by atoms with Gasteiger partial charge in [-0.1, -0.05) is 0 Å². The van der Waals surface area contributed by atoms with Crippen LogP contribution < -0.4 is 0 Å². The molecule has 1 N–H and O–H groups in total. The summed E-state index contributed by atoms with van der Waals surface area (Å²) in [5.74, 6) is 0. The molecule has 0 aliphatic rings. The van der Waals surface area contributed by atoms with Gasteiger partial charge in [-0.3, -0.25) is 4.55 Å². The predicted molar refractivity (Wildman–Crippen MR) is 28.5 cm³/mol. The molecule has 0 amide bonds. The first-order chi connectivity index (χ1) is 3.92. The zero-order valence-corrected chi connectivity index (χ0v) is 6.28. The summed E-state index contributed by atoms with van der Waals surface area (Å²) in [6.07, 6.45) is 0. The summed E-state index contributed by atoms with van der Waals surface area (Å²) in [5.41, 5.74) is 0. The Morgan fingerprint density at radius 3 is 2.00 bits per heavy atom. The van der Waals surface area contributed by atoms with Gasteiger partial charge in [0.2, 0.25) is 0 Å². The highest BCUT2D eigenvalue weighted by Crippen LogP contribution is 2.27. The second-order valence-electron chi connectivity index (χ2n) is 0.794. The quantitative estimate of drug-likeness (QED) is 0.395. The Labute approximate surface area is 55.3 Å². The Morgan fingerprint density at radius 2 is 1.89 bits per heavy atom. The van der Waals surface area contributed by atoms with Crippen LogP contribution in [0.5, 0.6) is 0 Å².